The van der Waals surface area contributed by atoms with Crippen molar-refractivity contribution in [3.05, 3.63) is 95.6 Å². The maximum atomic E-state index is 14.5. The zero-order valence-electron chi connectivity index (χ0n) is 23.2. The third-order valence-corrected chi connectivity index (χ3v) is 8.59. The molecule has 1 spiro atoms. The van der Waals surface area contributed by atoms with Crippen LogP contribution in [0.3, 0.4) is 0 Å². The van der Waals surface area contributed by atoms with Crippen LogP contribution >= 0.6 is 0 Å². The molecule has 0 bridgehead atoms. The number of likely N-dealkylation sites (tertiary alicyclic amines) is 1. The van der Waals surface area contributed by atoms with Gasteiger partial charge in [-0.2, -0.15) is 13.2 Å². The Morgan fingerprint density at radius 3 is 2.33 bits per heavy atom. The SMILES string of the molecule is CCn1c(C(O)(c2ccc(F)cc2)C(F)(F)F)nc2ccc(C(=O)N3CCC4(CC3)C(=O)NCN4c3ccccc3)cc21. The van der Waals surface area contributed by atoms with Crippen LogP contribution in [0.25, 0.3) is 11.0 Å². The molecule has 224 valence electrons. The topological polar surface area (TPSA) is 90.7 Å². The van der Waals surface area contributed by atoms with Crippen LogP contribution in [-0.2, 0) is 16.9 Å². The van der Waals surface area contributed by atoms with Crippen LogP contribution < -0.4 is 10.2 Å². The Hall–Kier alpha value is -4.45. The number of aromatic nitrogens is 2. The number of anilines is 1. The largest absolute Gasteiger partial charge is 0.428 e. The van der Waals surface area contributed by atoms with Crippen LogP contribution in [0.5, 0.6) is 0 Å². The number of nitrogens with zero attached hydrogens (tertiary/aromatic N) is 4. The molecule has 3 aromatic carbocycles. The fourth-order valence-corrected chi connectivity index (χ4v) is 6.26. The molecule has 0 saturated carbocycles. The third-order valence-electron chi connectivity index (χ3n) is 8.59. The van der Waals surface area contributed by atoms with E-state index in [1.807, 2.05) is 35.2 Å². The molecule has 6 rings (SSSR count). The number of benzene rings is 3. The second-order valence-electron chi connectivity index (χ2n) is 10.8. The lowest BCUT2D eigenvalue weighted by Crippen LogP contribution is -2.57. The van der Waals surface area contributed by atoms with Gasteiger partial charge >= 0.3 is 6.18 Å². The molecule has 3 heterocycles. The van der Waals surface area contributed by atoms with Gasteiger partial charge in [-0.25, -0.2) is 9.37 Å². The summed E-state index contributed by atoms with van der Waals surface area (Å²) in [4.78, 5) is 34.4. The van der Waals surface area contributed by atoms with Gasteiger partial charge in [0.2, 0.25) is 11.5 Å². The molecule has 4 aromatic rings. The zero-order chi connectivity index (χ0) is 30.6. The number of fused-ring (bicyclic) bond motifs is 1. The minimum atomic E-state index is -5.18. The Kier molecular flexibility index (Phi) is 6.91. The van der Waals surface area contributed by atoms with Crippen LogP contribution in [-0.4, -0.2) is 62.8 Å². The summed E-state index contributed by atoms with van der Waals surface area (Å²) in [6.45, 7) is 2.61. The molecular weight excluding hydrogens is 566 g/mol. The molecule has 2 aliphatic rings. The molecule has 2 amide bonds. The summed E-state index contributed by atoms with van der Waals surface area (Å²) in [6, 6.07) is 17.5. The highest BCUT2D eigenvalue weighted by Crippen LogP contribution is 2.45. The molecule has 2 N–H and O–H groups in total. The van der Waals surface area contributed by atoms with Crippen molar-refractivity contribution < 1.29 is 32.3 Å². The lowest BCUT2D eigenvalue weighted by atomic mass is 9.85. The average Bonchev–Trinajstić information content (AvgIpc) is 3.54. The van der Waals surface area contributed by atoms with E-state index in [2.05, 4.69) is 10.3 Å². The van der Waals surface area contributed by atoms with Gasteiger partial charge in [0.1, 0.15) is 11.4 Å². The van der Waals surface area contributed by atoms with Crippen molar-refractivity contribution in [2.45, 2.75) is 43.6 Å². The van der Waals surface area contributed by atoms with E-state index in [0.717, 1.165) is 30.0 Å². The highest BCUT2D eigenvalue weighted by Gasteiger charge is 2.59. The zero-order valence-corrected chi connectivity index (χ0v) is 23.2. The van der Waals surface area contributed by atoms with Crippen molar-refractivity contribution in [3.63, 3.8) is 0 Å². The van der Waals surface area contributed by atoms with Gasteiger partial charge in [-0.15, -0.1) is 0 Å². The standard InChI is InChI=1S/C31H29F4N5O3/c1-2-39-25-18-20(8-13-24(25)37-27(39)30(43,31(33,34)35)21-9-11-22(32)12-10-21)26(41)38-16-14-29(15-17-38)28(42)36-19-40(29)23-6-4-3-5-7-23/h3-13,18,43H,2,14-17,19H2,1H3,(H,36,42). The average molecular weight is 596 g/mol. The predicted octanol–water partition coefficient (Wildman–Crippen LogP) is 4.56. The molecule has 43 heavy (non-hydrogen) atoms. The predicted molar refractivity (Wildman–Crippen MR) is 151 cm³/mol. The van der Waals surface area contributed by atoms with Crippen molar-refractivity contribution in [2.75, 3.05) is 24.7 Å². The number of amides is 2. The Morgan fingerprint density at radius 1 is 1.02 bits per heavy atom. The Morgan fingerprint density at radius 2 is 1.70 bits per heavy atom. The smallest absolute Gasteiger partial charge is 0.370 e. The van der Waals surface area contributed by atoms with Gasteiger partial charge < -0.3 is 24.8 Å². The van der Waals surface area contributed by atoms with Gasteiger partial charge in [0.05, 0.1) is 17.7 Å². The van der Waals surface area contributed by atoms with E-state index in [9.17, 15) is 32.3 Å². The van der Waals surface area contributed by atoms with Crippen LogP contribution in [0, 0.1) is 5.82 Å². The number of aliphatic hydroxyl groups is 1. The normalized spacial score (nSPS) is 18.2. The van der Waals surface area contributed by atoms with E-state index in [1.165, 1.54) is 22.8 Å². The maximum absolute atomic E-state index is 14.5. The number of imidazole rings is 1. The molecule has 2 saturated heterocycles. The number of para-hydroxylation sites is 1. The van der Waals surface area contributed by atoms with Crippen LogP contribution in [0.1, 0.15) is 41.5 Å². The first-order valence-corrected chi connectivity index (χ1v) is 14.0. The summed E-state index contributed by atoms with van der Waals surface area (Å²) >= 11 is 0. The van der Waals surface area contributed by atoms with Crippen molar-refractivity contribution in [1.82, 2.24) is 19.8 Å². The molecule has 1 atom stereocenters. The van der Waals surface area contributed by atoms with Crippen molar-refractivity contribution >= 4 is 28.5 Å². The number of nitrogens with one attached hydrogen (secondary N) is 1. The molecule has 0 aliphatic carbocycles. The number of aryl methyl sites for hydroxylation is 1. The first kappa shape index (κ1) is 28.7. The first-order valence-electron chi connectivity index (χ1n) is 14.0. The summed E-state index contributed by atoms with van der Waals surface area (Å²) in [7, 11) is 0. The number of hydrogen-bond acceptors (Lipinski definition) is 5. The number of alkyl halides is 3. The Labute approximate surface area is 244 Å². The second-order valence-corrected chi connectivity index (χ2v) is 10.8. The molecule has 2 aliphatic heterocycles. The lowest BCUT2D eigenvalue weighted by molar-refractivity contribution is -0.252. The van der Waals surface area contributed by atoms with Gasteiger partial charge in [0.25, 0.3) is 5.91 Å². The number of piperidine rings is 1. The molecule has 2 fully saturated rings. The van der Waals surface area contributed by atoms with Crippen molar-refractivity contribution in [2.24, 2.45) is 0 Å². The fourth-order valence-electron chi connectivity index (χ4n) is 6.26. The van der Waals surface area contributed by atoms with Crippen molar-refractivity contribution in [1.29, 1.82) is 0 Å². The molecular formula is C31H29F4N5O3. The third kappa shape index (κ3) is 4.51. The van der Waals surface area contributed by atoms with E-state index < -0.39 is 34.5 Å². The monoisotopic (exact) mass is 595 g/mol. The van der Waals surface area contributed by atoms with Crippen LogP contribution in [0.2, 0.25) is 0 Å². The molecule has 12 heteroatoms. The number of halogens is 4. The molecule has 1 aromatic heterocycles. The summed E-state index contributed by atoms with van der Waals surface area (Å²) in [5, 5.41) is 14.1. The quantitative estimate of drug-likeness (QED) is 0.330. The van der Waals surface area contributed by atoms with E-state index in [4.69, 9.17) is 0 Å². The van der Waals surface area contributed by atoms with Gasteiger partial charge in [0, 0.05) is 36.4 Å². The van der Waals surface area contributed by atoms with Gasteiger partial charge in [0.15, 0.2) is 5.82 Å². The summed E-state index contributed by atoms with van der Waals surface area (Å²) in [5.74, 6) is -1.83. The van der Waals surface area contributed by atoms with Gasteiger partial charge in [-0.3, -0.25) is 9.59 Å². The lowest BCUT2D eigenvalue weighted by Gasteiger charge is -2.43. The van der Waals surface area contributed by atoms with Gasteiger partial charge in [-0.05, 0) is 62.2 Å². The minimum absolute atomic E-state index is 0.0136. The Bertz CT molecular complexity index is 1680. The number of hydrogen-bond donors (Lipinski definition) is 2. The van der Waals surface area contributed by atoms with Crippen LogP contribution in [0.4, 0.5) is 23.2 Å². The summed E-state index contributed by atoms with van der Waals surface area (Å²) < 4.78 is 58.2. The number of carbonyl (C=O) groups excluding carboxylic acids is 2. The number of carbonyl (C=O) groups is 2. The van der Waals surface area contributed by atoms with E-state index in [0.29, 0.717) is 32.6 Å². The highest BCUT2D eigenvalue weighted by molar-refractivity contribution is 5.98. The molecule has 0 radical (unpaired) electrons. The highest BCUT2D eigenvalue weighted by atomic mass is 19.4. The summed E-state index contributed by atoms with van der Waals surface area (Å²) in [6.07, 6.45) is -4.36. The fraction of sp³-hybridized carbons (Fsp3) is 0.323. The molecule has 8 nitrogen and oxygen atoms in total. The Balaban J connectivity index is 1.30. The summed E-state index contributed by atoms with van der Waals surface area (Å²) in [5.41, 5.74) is -3.31. The first-order chi connectivity index (χ1) is 20.5. The maximum Gasteiger partial charge on any atom is 0.428 e. The minimum Gasteiger partial charge on any atom is -0.370 e. The van der Waals surface area contributed by atoms with E-state index in [1.54, 1.807) is 11.8 Å². The molecule has 1 unspecified atom stereocenters. The van der Waals surface area contributed by atoms with E-state index >= 15 is 0 Å². The van der Waals surface area contributed by atoms with Crippen molar-refractivity contribution in [3.8, 4) is 0 Å². The second kappa shape index (κ2) is 10.4. The van der Waals surface area contributed by atoms with Gasteiger partial charge in [-0.1, -0.05) is 30.3 Å². The van der Waals surface area contributed by atoms with E-state index in [-0.39, 0.29) is 35.0 Å². The van der Waals surface area contributed by atoms with Crippen LogP contribution in [0.15, 0.2) is 72.8 Å². The number of rotatable bonds is 5.